The van der Waals surface area contributed by atoms with Crippen LogP contribution in [0.3, 0.4) is 0 Å². The molecule has 1 amide bonds. The summed E-state index contributed by atoms with van der Waals surface area (Å²) in [6, 6.07) is 6.48. The van der Waals surface area contributed by atoms with E-state index in [-0.39, 0.29) is 23.8 Å². The highest BCUT2D eigenvalue weighted by Gasteiger charge is 2.39. The van der Waals surface area contributed by atoms with Gasteiger partial charge in [0.05, 0.1) is 12.2 Å². The molecule has 24 heavy (non-hydrogen) atoms. The Kier molecular flexibility index (Phi) is 3.84. The molecule has 2 fully saturated rings. The number of halogens is 1. The van der Waals surface area contributed by atoms with Crippen LogP contribution in [-0.2, 0) is 4.79 Å². The summed E-state index contributed by atoms with van der Waals surface area (Å²) in [6.45, 7) is 3.55. The smallest absolute Gasteiger partial charge is 0.242 e. The number of hydrogen-bond donors (Lipinski definition) is 1. The molecule has 1 aromatic carbocycles. The zero-order chi connectivity index (χ0) is 16.7. The third-order valence-corrected chi connectivity index (χ3v) is 4.72. The fourth-order valence-corrected chi connectivity index (χ4v) is 3.18. The summed E-state index contributed by atoms with van der Waals surface area (Å²) in [6.07, 6.45) is 5.98. The van der Waals surface area contributed by atoms with E-state index in [0.717, 1.165) is 37.1 Å². The maximum absolute atomic E-state index is 13.2. The minimum atomic E-state index is -0.362. The van der Waals surface area contributed by atoms with Crippen molar-refractivity contribution in [1.29, 1.82) is 0 Å². The first-order valence-electron chi connectivity index (χ1n) is 8.41. The zero-order valence-corrected chi connectivity index (χ0v) is 13.7. The molecular weight excluding hydrogens is 307 g/mol. The van der Waals surface area contributed by atoms with E-state index < -0.39 is 0 Å². The van der Waals surface area contributed by atoms with Crippen molar-refractivity contribution in [2.24, 2.45) is 0 Å². The summed E-state index contributed by atoms with van der Waals surface area (Å²) in [7, 11) is 0. The highest BCUT2D eigenvalue weighted by atomic mass is 19.1. The minimum Gasteiger partial charge on any atom is -0.352 e. The fourth-order valence-electron chi connectivity index (χ4n) is 3.18. The van der Waals surface area contributed by atoms with Gasteiger partial charge in [-0.25, -0.2) is 4.39 Å². The summed E-state index contributed by atoms with van der Waals surface area (Å²) in [5, 5.41) is 7.44. The van der Waals surface area contributed by atoms with Crippen molar-refractivity contribution >= 4 is 5.91 Å². The van der Waals surface area contributed by atoms with Gasteiger partial charge in [0.1, 0.15) is 11.9 Å². The second-order valence-electron chi connectivity index (χ2n) is 6.84. The summed E-state index contributed by atoms with van der Waals surface area (Å²) < 4.78 is 15.2. The predicted molar refractivity (Wildman–Crippen MR) is 87.9 cm³/mol. The van der Waals surface area contributed by atoms with Gasteiger partial charge in [0.15, 0.2) is 0 Å². The van der Waals surface area contributed by atoms with Crippen LogP contribution < -0.4 is 5.32 Å². The second kappa shape index (κ2) is 6.02. The van der Waals surface area contributed by atoms with Crippen molar-refractivity contribution in [3.63, 3.8) is 0 Å². The Hall–Kier alpha value is -2.21. The SMILES string of the molecule is Cc1cnn(C2CN([C@H](C(=O)NC3CC3)c3ccc(F)cc3)C2)c1. The average molecular weight is 328 g/mol. The van der Waals surface area contributed by atoms with E-state index in [1.54, 1.807) is 12.1 Å². The van der Waals surface area contributed by atoms with Gasteiger partial charge in [-0.05, 0) is 43.0 Å². The van der Waals surface area contributed by atoms with Gasteiger partial charge in [0.25, 0.3) is 0 Å². The Morgan fingerprint density at radius 3 is 2.58 bits per heavy atom. The molecule has 0 unspecified atom stereocenters. The zero-order valence-electron chi connectivity index (χ0n) is 13.7. The molecule has 1 atom stereocenters. The maximum Gasteiger partial charge on any atom is 0.242 e. The summed E-state index contributed by atoms with van der Waals surface area (Å²) in [5.74, 6) is -0.271. The van der Waals surface area contributed by atoms with Gasteiger partial charge in [0.2, 0.25) is 5.91 Å². The van der Waals surface area contributed by atoms with Crippen LogP contribution in [0, 0.1) is 12.7 Å². The number of aryl methyl sites for hydroxylation is 1. The van der Waals surface area contributed by atoms with E-state index in [9.17, 15) is 9.18 Å². The van der Waals surface area contributed by atoms with Crippen LogP contribution in [0.2, 0.25) is 0 Å². The van der Waals surface area contributed by atoms with Gasteiger partial charge in [-0.3, -0.25) is 14.4 Å². The number of hydrogen-bond acceptors (Lipinski definition) is 3. The lowest BCUT2D eigenvalue weighted by Crippen LogP contribution is -2.53. The number of aromatic nitrogens is 2. The summed E-state index contributed by atoms with van der Waals surface area (Å²) in [5.41, 5.74) is 1.97. The molecule has 0 spiro atoms. The summed E-state index contributed by atoms with van der Waals surface area (Å²) >= 11 is 0. The second-order valence-corrected chi connectivity index (χ2v) is 6.84. The van der Waals surface area contributed by atoms with Crippen molar-refractivity contribution in [2.75, 3.05) is 13.1 Å². The van der Waals surface area contributed by atoms with Crippen LogP contribution in [0.25, 0.3) is 0 Å². The Morgan fingerprint density at radius 1 is 1.29 bits per heavy atom. The average Bonchev–Trinajstić information content (AvgIpc) is 3.23. The van der Waals surface area contributed by atoms with E-state index in [1.165, 1.54) is 12.1 Å². The summed E-state index contributed by atoms with van der Waals surface area (Å²) in [4.78, 5) is 14.8. The number of carbonyl (C=O) groups excluding carboxylic acids is 1. The standard InChI is InChI=1S/C18H21FN4O/c1-12-8-20-23(9-12)16-10-22(11-16)17(18(24)21-15-6-7-15)13-2-4-14(19)5-3-13/h2-5,8-9,15-17H,6-7,10-11H2,1H3,(H,21,24)/t17-/m0/s1. The van der Waals surface area contributed by atoms with Crippen molar-refractivity contribution in [3.8, 4) is 0 Å². The molecule has 1 aliphatic carbocycles. The monoisotopic (exact) mass is 328 g/mol. The van der Waals surface area contributed by atoms with Crippen LogP contribution in [0.5, 0.6) is 0 Å². The Morgan fingerprint density at radius 2 is 2.00 bits per heavy atom. The molecule has 0 radical (unpaired) electrons. The molecule has 2 heterocycles. The number of likely N-dealkylation sites (tertiary alicyclic amines) is 1. The third kappa shape index (κ3) is 3.06. The number of carbonyl (C=O) groups is 1. The van der Waals surface area contributed by atoms with Crippen molar-refractivity contribution in [2.45, 2.75) is 37.9 Å². The first kappa shape index (κ1) is 15.3. The van der Waals surface area contributed by atoms with E-state index >= 15 is 0 Å². The lowest BCUT2D eigenvalue weighted by molar-refractivity contribution is -0.129. The van der Waals surface area contributed by atoms with Gasteiger partial charge in [-0.15, -0.1) is 0 Å². The predicted octanol–water partition coefficient (Wildman–Crippen LogP) is 2.21. The number of amides is 1. The van der Waals surface area contributed by atoms with E-state index in [1.807, 2.05) is 24.0 Å². The molecule has 2 aromatic rings. The molecule has 4 rings (SSSR count). The van der Waals surface area contributed by atoms with Gasteiger partial charge >= 0.3 is 0 Å². The van der Waals surface area contributed by atoms with Crippen LogP contribution in [0.1, 0.15) is 36.1 Å². The van der Waals surface area contributed by atoms with Gasteiger partial charge in [0, 0.05) is 25.3 Å². The molecule has 1 saturated heterocycles. The Bertz CT molecular complexity index is 732. The number of rotatable bonds is 5. The fraction of sp³-hybridized carbons (Fsp3) is 0.444. The molecule has 2 aliphatic rings. The van der Waals surface area contributed by atoms with Crippen molar-refractivity contribution in [1.82, 2.24) is 20.0 Å². The lowest BCUT2D eigenvalue weighted by Gasteiger charge is -2.43. The van der Waals surface area contributed by atoms with Gasteiger partial charge in [-0.2, -0.15) is 5.10 Å². The maximum atomic E-state index is 13.2. The van der Waals surface area contributed by atoms with Crippen molar-refractivity contribution in [3.05, 3.63) is 53.6 Å². The van der Waals surface area contributed by atoms with E-state index in [2.05, 4.69) is 15.3 Å². The molecule has 6 heteroatoms. The Labute approximate surface area is 140 Å². The number of nitrogens with zero attached hydrogens (tertiary/aromatic N) is 3. The molecule has 126 valence electrons. The van der Waals surface area contributed by atoms with Crippen molar-refractivity contribution < 1.29 is 9.18 Å². The van der Waals surface area contributed by atoms with Gasteiger partial charge < -0.3 is 5.32 Å². The molecule has 1 aromatic heterocycles. The quantitative estimate of drug-likeness (QED) is 0.915. The Balaban J connectivity index is 1.50. The molecular formula is C18H21FN4O. The van der Waals surface area contributed by atoms with E-state index in [4.69, 9.17) is 0 Å². The first-order valence-corrected chi connectivity index (χ1v) is 8.41. The number of benzene rings is 1. The molecule has 5 nitrogen and oxygen atoms in total. The largest absolute Gasteiger partial charge is 0.352 e. The molecule has 1 saturated carbocycles. The van der Waals surface area contributed by atoms with Crippen LogP contribution in [-0.4, -0.2) is 39.7 Å². The molecule has 1 aliphatic heterocycles. The lowest BCUT2D eigenvalue weighted by atomic mass is 9.98. The normalized spacial score (nSPS) is 19.8. The topological polar surface area (TPSA) is 50.2 Å². The van der Waals surface area contributed by atoms with Gasteiger partial charge in [-0.1, -0.05) is 12.1 Å². The van der Waals surface area contributed by atoms with E-state index in [0.29, 0.717) is 6.04 Å². The van der Waals surface area contributed by atoms with Crippen LogP contribution in [0.4, 0.5) is 4.39 Å². The number of nitrogens with one attached hydrogen (secondary N) is 1. The highest BCUT2D eigenvalue weighted by Crippen LogP contribution is 2.32. The van der Waals surface area contributed by atoms with Crippen LogP contribution >= 0.6 is 0 Å². The third-order valence-electron chi connectivity index (χ3n) is 4.72. The molecule has 0 bridgehead atoms. The highest BCUT2D eigenvalue weighted by molar-refractivity contribution is 5.83. The first-order chi connectivity index (χ1) is 11.6. The minimum absolute atomic E-state index is 0.0132. The molecule has 1 N–H and O–H groups in total. The van der Waals surface area contributed by atoms with Crippen LogP contribution in [0.15, 0.2) is 36.7 Å².